The van der Waals surface area contributed by atoms with Gasteiger partial charge in [-0.3, -0.25) is 0 Å². The standard InChI is InChI=1S/C11H13FSi/c1-13(2,3)9-8-10-4-6-11(12)7-5-10/h4-7H,1-3H3. The highest BCUT2D eigenvalue weighted by Gasteiger charge is 2.07. The van der Waals surface area contributed by atoms with Crippen LogP contribution in [0.4, 0.5) is 4.39 Å². The molecule has 68 valence electrons. The molecule has 0 bridgehead atoms. The Morgan fingerprint density at radius 3 is 2.08 bits per heavy atom. The van der Waals surface area contributed by atoms with E-state index in [4.69, 9.17) is 0 Å². The Kier molecular flexibility index (Phi) is 2.89. The van der Waals surface area contributed by atoms with Crippen molar-refractivity contribution in [2.24, 2.45) is 0 Å². The van der Waals surface area contributed by atoms with Gasteiger partial charge < -0.3 is 0 Å². The highest BCUT2D eigenvalue weighted by molar-refractivity contribution is 6.83. The molecule has 1 rings (SSSR count). The molecule has 1 aromatic rings. The lowest BCUT2D eigenvalue weighted by Crippen LogP contribution is -2.16. The van der Waals surface area contributed by atoms with E-state index >= 15 is 0 Å². The second-order valence-corrected chi connectivity index (χ2v) is 8.76. The van der Waals surface area contributed by atoms with Crippen LogP contribution in [0.5, 0.6) is 0 Å². The third-order valence-corrected chi connectivity index (χ3v) is 2.30. The molecule has 0 saturated heterocycles. The molecule has 0 N–H and O–H groups in total. The van der Waals surface area contributed by atoms with Crippen LogP contribution in [0, 0.1) is 17.3 Å². The van der Waals surface area contributed by atoms with Gasteiger partial charge in [-0.15, -0.1) is 5.54 Å². The summed E-state index contributed by atoms with van der Waals surface area (Å²) in [6.45, 7) is 6.55. The van der Waals surface area contributed by atoms with Crippen molar-refractivity contribution >= 4 is 8.07 Å². The zero-order valence-electron chi connectivity index (χ0n) is 8.19. The van der Waals surface area contributed by atoms with E-state index in [1.807, 2.05) is 0 Å². The second kappa shape index (κ2) is 3.76. The summed E-state index contributed by atoms with van der Waals surface area (Å²) in [5.74, 6) is 2.85. The molecule has 0 heterocycles. The molecule has 0 radical (unpaired) electrons. The summed E-state index contributed by atoms with van der Waals surface area (Å²) in [6, 6.07) is 6.30. The van der Waals surface area contributed by atoms with E-state index in [9.17, 15) is 4.39 Å². The van der Waals surface area contributed by atoms with Gasteiger partial charge in [-0.1, -0.05) is 25.6 Å². The monoisotopic (exact) mass is 192 g/mol. The zero-order valence-corrected chi connectivity index (χ0v) is 9.19. The molecule has 0 spiro atoms. The van der Waals surface area contributed by atoms with Gasteiger partial charge in [0.05, 0.1) is 0 Å². The zero-order chi connectivity index (χ0) is 9.90. The van der Waals surface area contributed by atoms with Gasteiger partial charge in [-0.2, -0.15) is 0 Å². The lowest BCUT2D eigenvalue weighted by atomic mass is 10.2. The quantitative estimate of drug-likeness (QED) is 0.438. The van der Waals surface area contributed by atoms with Crippen molar-refractivity contribution in [2.75, 3.05) is 0 Å². The van der Waals surface area contributed by atoms with Crippen LogP contribution in [0.2, 0.25) is 19.6 Å². The summed E-state index contributed by atoms with van der Waals surface area (Å²) in [5.41, 5.74) is 4.12. The lowest BCUT2D eigenvalue weighted by Gasteiger charge is -2.03. The molecule has 0 fully saturated rings. The average Bonchev–Trinajstić information content (AvgIpc) is 2.02. The second-order valence-electron chi connectivity index (χ2n) is 4.01. The van der Waals surface area contributed by atoms with Crippen molar-refractivity contribution in [3.05, 3.63) is 35.6 Å². The first-order valence-corrected chi connectivity index (χ1v) is 7.76. The van der Waals surface area contributed by atoms with Crippen LogP contribution in [0.3, 0.4) is 0 Å². The fraction of sp³-hybridized carbons (Fsp3) is 0.273. The maximum absolute atomic E-state index is 12.5. The molecule has 0 aromatic heterocycles. The Balaban J connectivity index is 2.85. The van der Waals surface area contributed by atoms with Gasteiger partial charge >= 0.3 is 0 Å². The molecular weight excluding hydrogens is 179 g/mol. The van der Waals surface area contributed by atoms with Crippen LogP contribution in [0.1, 0.15) is 5.56 Å². The van der Waals surface area contributed by atoms with Crippen LogP contribution >= 0.6 is 0 Å². The van der Waals surface area contributed by atoms with Gasteiger partial charge in [0, 0.05) is 5.56 Å². The average molecular weight is 192 g/mol. The summed E-state index contributed by atoms with van der Waals surface area (Å²) in [7, 11) is -1.31. The normalized spacial score (nSPS) is 10.5. The van der Waals surface area contributed by atoms with E-state index in [0.717, 1.165) is 5.56 Å². The summed E-state index contributed by atoms with van der Waals surface area (Å²) in [6.07, 6.45) is 0. The van der Waals surface area contributed by atoms with Gasteiger partial charge in [0.15, 0.2) is 0 Å². The Hall–Kier alpha value is -1.07. The SMILES string of the molecule is C[Si](C)(C)C#Cc1ccc(F)cc1. The molecule has 0 nitrogen and oxygen atoms in total. The minimum absolute atomic E-state index is 0.210. The first-order chi connectivity index (χ1) is 5.97. The Morgan fingerprint density at radius 1 is 1.08 bits per heavy atom. The number of rotatable bonds is 0. The molecule has 0 amide bonds. The van der Waals surface area contributed by atoms with Gasteiger partial charge in [0.1, 0.15) is 13.9 Å². The van der Waals surface area contributed by atoms with Crippen LogP contribution in [0.15, 0.2) is 24.3 Å². The molecule has 2 heteroatoms. The topological polar surface area (TPSA) is 0 Å². The first kappa shape index (κ1) is 10.0. The van der Waals surface area contributed by atoms with Gasteiger partial charge in [0.2, 0.25) is 0 Å². The molecule has 0 atom stereocenters. The largest absolute Gasteiger partial charge is 0.207 e. The first-order valence-electron chi connectivity index (χ1n) is 4.26. The van der Waals surface area contributed by atoms with E-state index in [-0.39, 0.29) is 5.82 Å². The van der Waals surface area contributed by atoms with E-state index < -0.39 is 8.07 Å². The molecule has 13 heavy (non-hydrogen) atoms. The van der Waals surface area contributed by atoms with Gasteiger partial charge in [-0.05, 0) is 24.3 Å². The van der Waals surface area contributed by atoms with Crippen LogP contribution in [0.25, 0.3) is 0 Å². The minimum Gasteiger partial charge on any atom is -0.207 e. The number of halogens is 1. The van der Waals surface area contributed by atoms with Gasteiger partial charge in [0.25, 0.3) is 0 Å². The summed E-state index contributed by atoms with van der Waals surface area (Å²) in [4.78, 5) is 0. The molecule has 0 unspecified atom stereocenters. The Bertz CT molecular complexity index is 335. The molecule has 1 aromatic carbocycles. The molecule has 0 aliphatic heterocycles. The molecule has 0 saturated carbocycles. The van der Waals surface area contributed by atoms with E-state index in [1.165, 1.54) is 12.1 Å². The van der Waals surface area contributed by atoms with Crippen molar-refractivity contribution < 1.29 is 4.39 Å². The molecular formula is C11H13FSi. The van der Waals surface area contributed by atoms with Gasteiger partial charge in [-0.25, -0.2) is 4.39 Å². The van der Waals surface area contributed by atoms with Crippen molar-refractivity contribution in [1.29, 1.82) is 0 Å². The van der Waals surface area contributed by atoms with E-state index in [2.05, 4.69) is 31.1 Å². The van der Waals surface area contributed by atoms with Crippen molar-refractivity contribution in [3.8, 4) is 11.5 Å². The predicted molar refractivity (Wildman–Crippen MR) is 56.6 cm³/mol. The summed E-state index contributed by atoms with van der Waals surface area (Å²) in [5, 5.41) is 0. The van der Waals surface area contributed by atoms with Crippen LogP contribution in [-0.4, -0.2) is 8.07 Å². The van der Waals surface area contributed by atoms with Crippen molar-refractivity contribution in [3.63, 3.8) is 0 Å². The minimum atomic E-state index is -1.31. The van der Waals surface area contributed by atoms with Crippen molar-refractivity contribution in [2.45, 2.75) is 19.6 Å². The molecule has 0 aliphatic carbocycles. The Morgan fingerprint density at radius 2 is 1.62 bits per heavy atom. The highest BCUT2D eigenvalue weighted by Crippen LogP contribution is 2.02. The Labute approximate surface area is 79.8 Å². The maximum Gasteiger partial charge on any atom is 0.129 e. The van der Waals surface area contributed by atoms with Crippen LogP contribution < -0.4 is 0 Å². The van der Waals surface area contributed by atoms with E-state index in [0.29, 0.717) is 0 Å². The summed E-state index contributed by atoms with van der Waals surface area (Å²) >= 11 is 0. The third kappa shape index (κ3) is 3.91. The highest BCUT2D eigenvalue weighted by atomic mass is 28.3. The van der Waals surface area contributed by atoms with Crippen LogP contribution in [-0.2, 0) is 0 Å². The smallest absolute Gasteiger partial charge is 0.129 e. The number of hydrogen-bond acceptors (Lipinski definition) is 0. The number of hydrogen-bond donors (Lipinski definition) is 0. The van der Waals surface area contributed by atoms with E-state index in [1.54, 1.807) is 12.1 Å². The van der Waals surface area contributed by atoms with Crippen molar-refractivity contribution in [1.82, 2.24) is 0 Å². The molecule has 0 aliphatic rings. The predicted octanol–water partition coefficient (Wildman–Crippen LogP) is 3.05. The summed E-state index contributed by atoms with van der Waals surface area (Å²) < 4.78 is 12.5. The lowest BCUT2D eigenvalue weighted by molar-refractivity contribution is 0.627. The fourth-order valence-corrected chi connectivity index (χ4v) is 1.31. The third-order valence-electron chi connectivity index (χ3n) is 1.43. The number of benzene rings is 1. The maximum atomic E-state index is 12.5. The fourth-order valence-electron chi connectivity index (χ4n) is 0.793.